The number of para-hydroxylation sites is 1. The summed E-state index contributed by atoms with van der Waals surface area (Å²) >= 11 is 0. The minimum atomic E-state index is -0.565. The quantitative estimate of drug-likeness (QED) is 0.630. The SMILES string of the molecule is CN(C(=O)c1cc2ccccc2oc1=O)[C@H]1CCCN(C2Cc3ccccc3C2)C1. The van der Waals surface area contributed by atoms with Crippen LogP contribution in [0.4, 0.5) is 0 Å². The van der Waals surface area contributed by atoms with Crippen LogP contribution in [-0.4, -0.2) is 47.9 Å². The zero-order chi connectivity index (χ0) is 20.7. The number of rotatable bonds is 3. The molecule has 5 rings (SSSR count). The van der Waals surface area contributed by atoms with Crippen LogP contribution in [0.3, 0.4) is 0 Å². The zero-order valence-electron chi connectivity index (χ0n) is 17.2. The predicted molar refractivity (Wildman–Crippen MR) is 117 cm³/mol. The summed E-state index contributed by atoms with van der Waals surface area (Å²) < 4.78 is 5.38. The van der Waals surface area contributed by atoms with Crippen LogP contribution in [0.5, 0.6) is 0 Å². The van der Waals surface area contributed by atoms with E-state index in [-0.39, 0.29) is 17.5 Å². The molecule has 0 N–H and O–H groups in total. The largest absolute Gasteiger partial charge is 0.422 e. The summed E-state index contributed by atoms with van der Waals surface area (Å²) in [6.45, 7) is 1.91. The van der Waals surface area contributed by atoms with Crippen LogP contribution in [0, 0.1) is 0 Å². The molecule has 1 aliphatic carbocycles. The number of carbonyl (C=O) groups excluding carboxylic acids is 1. The lowest BCUT2D eigenvalue weighted by Gasteiger charge is -2.40. The summed E-state index contributed by atoms with van der Waals surface area (Å²) in [5.41, 5.74) is 2.95. The van der Waals surface area contributed by atoms with E-state index in [1.54, 1.807) is 17.0 Å². The number of hydrogen-bond donors (Lipinski definition) is 0. The molecule has 3 aromatic rings. The Kier molecular flexibility index (Phi) is 4.91. The molecule has 1 aromatic heterocycles. The van der Waals surface area contributed by atoms with Gasteiger partial charge in [0, 0.05) is 31.1 Å². The van der Waals surface area contributed by atoms with Gasteiger partial charge in [0.15, 0.2) is 0 Å². The molecule has 154 valence electrons. The van der Waals surface area contributed by atoms with Crippen molar-refractivity contribution in [3.63, 3.8) is 0 Å². The molecule has 2 aromatic carbocycles. The number of likely N-dealkylation sites (N-methyl/N-ethyl adjacent to an activating group) is 1. The molecule has 5 heteroatoms. The summed E-state index contributed by atoms with van der Waals surface area (Å²) in [6.07, 6.45) is 4.17. The fourth-order valence-electron chi connectivity index (χ4n) is 4.99. The van der Waals surface area contributed by atoms with E-state index in [9.17, 15) is 9.59 Å². The van der Waals surface area contributed by atoms with Gasteiger partial charge in [-0.3, -0.25) is 9.69 Å². The topological polar surface area (TPSA) is 53.8 Å². The molecule has 0 saturated carbocycles. The Bertz CT molecular complexity index is 1130. The minimum Gasteiger partial charge on any atom is -0.422 e. The number of likely N-dealkylation sites (tertiary alicyclic amines) is 1. The first-order valence-corrected chi connectivity index (χ1v) is 10.7. The first-order chi connectivity index (χ1) is 14.6. The van der Waals surface area contributed by atoms with Crippen LogP contribution < -0.4 is 5.63 Å². The first kappa shape index (κ1) is 19.1. The van der Waals surface area contributed by atoms with Crippen LogP contribution in [0.1, 0.15) is 34.3 Å². The molecule has 1 fully saturated rings. The van der Waals surface area contributed by atoms with Crippen LogP contribution in [0.15, 0.2) is 63.8 Å². The minimum absolute atomic E-state index is 0.0980. The number of benzene rings is 2. The van der Waals surface area contributed by atoms with Crippen LogP contribution >= 0.6 is 0 Å². The molecule has 0 bridgehead atoms. The lowest BCUT2D eigenvalue weighted by molar-refractivity contribution is 0.0552. The highest BCUT2D eigenvalue weighted by molar-refractivity contribution is 5.96. The molecule has 0 radical (unpaired) electrons. The van der Waals surface area contributed by atoms with Gasteiger partial charge in [-0.2, -0.15) is 0 Å². The second kappa shape index (κ2) is 7.73. The van der Waals surface area contributed by atoms with Crippen molar-refractivity contribution >= 4 is 16.9 Å². The fraction of sp³-hybridized carbons (Fsp3) is 0.360. The van der Waals surface area contributed by atoms with Gasteiger partial charge in [0.25, 0.3) is 5.91 Å². The van der Waals surface area contributed by atoms with Crippen molar-refractivity contribution in [2.24, 2.45) is 0 Å². The average Bonchev–Trinajstić information content (AvgIpc) is 3.22. The zero-order valence-corrected chi connectivity index (χ0v) is 17.2. The van der Waals surface area contributed by atoms with Crippen molar-refractivity contribution in [2.75, 3.05) is 20.1 Å². The molecule has 2 aliphatic rings. The van der Waals surface area contributed by atoms with E-state index in [1.165, 1.54) is 11.1 Å². The molecular weight excluding hydrogens is 376 g/mol. The Morgan fingerprint density at radius 2 is 1.77 bits per heavy atom. The van der Waals surface area contributed by atoms with E-state index in [0.717, 1.165) is 44.2 Å². The summed E-state index contributed by atoms with van der Waals surface area (Å²) in [4.78, 5) is 29.9. The standard InChI is InChI=1S/C25H26N2O3/c1-26(24(28)22-15-19-9-4-5-11-23(19)30-25(22)29)20-10-6-12-27(16-20)21-13-17-7-2-3-8-18(17)14-21/h2-5,7-9,11,15,20-21H,6,10,12-14,16H2,1H3/t20-/m0/s1. The van der Waals surface area contributed by atoms with Gasteiger partial charge in [0.2, 0.25) is 0 Å². The molecule has 1 amide bonds. The molecule has 2 heterocycles. The number of nitrogens with zero attached hydrogens (tertiary/aromatic N) is 2. The summed E-state index contributed by atoms with van der Waals surface area (Å²) in [6, 6.07) is 18.2. The molecule has 5 nitrogen and oxygen atoms in total. The van der Waals surface area contributed by atoms with Gasteiger partial charge in [-0.15, -0.1) is 0 Å². The van der Waals surface area contributed by atoms with E-state index in [4.69, 9.17) is 4.42 Å². The highest BCUT2D eigenvalue weighted by Gasteiger charge is 2.33. The van der Waals surface area contributed by atoms with E-state index >= 15 is 0 Å². The lowest BCUT2D eigenvalue weighted by Crippen LogP contribution is -2.52. The van der Waals surface area contributed by atoms with Gasteiger partial charge in [-0.1, -0.05) is 42.5 Å². The Hall–Kier alpha value is -2.92. The van der Waals surface area contributed by atoms with Crippen molar-refractivity contribution in [1.82, 2.24) is 9.80 Å². The van der Waals surface area contributed by atoms with E-state index < -0.39 is 5.63 Å². The molecule has 0 unspecified atom stereocenters. The van der Waals surface area contributed by atoms with Gasteiger partial charge in [0.05, 0.1) is 0 Å². The number of piperidine rings is 1. The first-order valence-electron chi connectivity index (χ1n) is 10.7. The third-order valence-corrected chi connectivity index (χ3v) is 6.71. The summed E-state index contributed by atoms with van der Waals surface area (Å²) in [7, 11) is 1.81. The van der Waals surface area contributed by atoms with E-state index in [1.807, 2.05) is 25.2 Å². The van der Waals surface area contributed by atoms with Crippen molar-refractivity contribution in [3.05, 3.63) is 81.7 Å². The molecule has 1 aliphatic heterocycles. The highest BCUT2D eigenvalue weighted by Crippen LogP contribution is 2.28. The van der Waals surface area contributed by atoms with Crippen molar-refractivity contribution in [3.8, 4) is 0 Å². The predicted octanol–water partition coefficient (Wildman–Crippen LogP) is 3.50. The average molecular weight is 402 g/mol. The lowest BCUT2D eigenvalue weighted by atomic mass is 10.0. The maximum Gasteiger partial charge on any atom is 0.349 e. The fourth-order valence-corrected chi connectivity index (χ4v) is 4.99. The molecule has 1 atom stereocenters. The number of hydrogen-bond acceptors (Lipinski definition) is 4. The van der Waals surface area contributed by atoms with Crippen molar-refractivity contribution < 1.29 is 9.21 Å². The highest BCUT2D eigenvalue weighted by atomic mass is 16.4. The van der Waals surface area contributed by atoms with Crippen LogP contribution in [0.25, 0.3) is 11.0 Å². The van der Waals surface area contributed by atoms with Gasteiger partial charge in [-0.25, -0.2) is 4.79 Å². The Morgan fingerprint density at radius 1 is 1.07 bits per heavy atom. The summed E-state index contributed by atoms with van der Waals surface area (Å²) in [5, 5.41) is 0.767. The molecule has 1 saturated heterocycles. The van der Waals surface area contributed by atoms with Crippen molar-refractivity contribution in [2.45, 2.75) is 37.8 Å². The van der Waals surface area contributed by atoms with Gasteiger partial charge >= 0.3 is 5.63 Å². The molecule has 0 spiro atoms. The number of amides is 1. The second-order valence-corrected chi connectivity index (χ2v) is 8.52. The Labute approximate surface area is 175 Å². The monoisotopic (exact) mass is 402 g/mol. The number of fused-ring (bicyclic) bond motifs is 2. The van der Waals surface area contributed by atoms with Crippen molar-refractivity contribution in [1.29, 1.82) is 0 Å². The molecular formula is C25H26N2O3. The van der Waals surface area contributed by atoms with E-state index in [0.29, 0.717) is 11.6 Å². The second-order valence-electron chi connectivity index (χ2n) is 8.52. The Balaban J connectivity index is 1.32. The maximum atomic E-state index is 13.2. The van der Waals surface area contributed by atoms with Gasteiger partial charge in [0.1, 0.15) is 11.1 Å². The third-order valence-electron chi connectivity index (χ3n) is 6.71. The van der Waals surface area contributed by atoms with Crippen LogP contribution in [-0.2, 0) is 12.8 Å². The van der Waals surface area contributed by atoms with Gasteiger partial charge < -0.3 is 9.32 Å². The third kappa shape index (κ3) is 3.43. The van der Waals surface area contributed by atoms with Gasteiger partial charge in [-0.05, 0) is 55.5 Å². The summed E-state index contributed by atoms with van der Waals surface area (Å²) in [5.74, 6) is -0.254. The maximum absolute atomic E-state index is 13.2. The smallest absolute Gasteiger partial charge is 0.349 e. The number of carbonyl (C=O) groups is 1. The Morgan fingerprint density at radius 3 is 2.53 bits per heavy atom. The van der Waals surface area contributed by atoms with Crippen LogP contribution in [0.2, 0.25) is 0 Å². The molecule has 30 heavy (non-hydrogen) atoms. The normalized spacial score (nSPS) is 19.7. The van der Waals surface area contributed by atoms with E-state index in [2.05, 4.69) is 29.2 Å².